The molecule has 0 spiro atoms. The van der Waals surface area contributed by atoms with Crippen LogP contribution < -0.4 is 0 Å². The van der Waals surface area contributed by atoms with E-state index in [0.717, 1.165) is 19.4 Å². The maximum absolute atomic E-state index is 9.16. The van der Waals surface area contributed by atoms with Gasteiger partial charge in [-0.05, 0) is 19.9 Å². The van der Waals surface area contributed by atoms with Crippen molar-refractivity contribution in [3.63, 3.8) is 0 Å². The number of aliphatic hydroxyl groups excluding tert-OH is 1. The molecule has 1 heterocycles. The lowest BCUT2D eigenvalue weighted by Crippen LogP contribution is -2.24. The molecule has 1 fully saturated rings. The Hall–Kier alpha value is -0.0800. The summed E-state index contributed by atoms with van der Waals surface area (Å²) in [6.07, 6.45) is 2.06. The largest absolute Gasteiger partial charge is 0.392 e. The highest BCUT2D eigenvalue weighted by Gasteiger charge is 2.25. The Labute approximate surface area is 56.5 Å². The maximum atomic E-state index is 9.16. The topological polar surface area (TPSA) is 23.5 Å². The minimum Gasteiger partial charge on any atom is -0.392 e. The molecule has 2 heteroatoms. The molecule has 1 rings (SSSR count). The van der Waals surface area contributed by atoms with E-state index in [9.17, 15) is 0 Å². The van der Waals surface area contributed by atoms with Gasteiger partial charge in [0, 0.05) is 12.6 Å². The van der Waals surface area contributed by atoms with Crippen molar-refractivity contribution >= 4 is 0 Å². The Kier molecular flexibility index (Phi) is 2.09. The Bertz CT molecular complexity index is 94.9. The normalized spacial score (nSPS) is 37.7. The highest BCUT2D eigenvalue weighted by atomic mass is 16.3. The van der Waals surface area contributed by atoms with Gasteiger partial charge in [-0.2, -0.15) is 0 Å². The number of hydrogen-bond acceptors (Lipinski definition) is 2. The van der Waals surface area contributed by atoms with Crippen LogP contribution in [0, 0.1) is 0 Å². The van der Waals surface area contributed by atoms with Crippen molar-refractivity contribution < 1.29 is 5.11 Å². The number of rotatable bonds is 1. The summed E-state index contributed by atoms with van der Waals surface area (Å²) in [6.45, 7) is 3.03. The third kappa shape index (κ3) is 1.43. The highest BCUT2D eigenvalue weighted by molar-refractivity contribution is 4.81. The molecule has 1 saturated heterocycles. The van der Waals surface area contributed by atoms with Crippen molar-refractivity contribution in [2.75, 3.05) is 13.6 Å². The molecule has 1 aliphatic rings. The average molecular weight is 129 g/mol. The molecular weight excluding hydrogens is 114 g/mol. The zero-order valence-corrected chi connectivity index (χ0v) is 6.17. The smallest absolute Gasteiger partial charge is 0.0682 e. The van der Waals surface area contributed by atoms with E-state index in [1.807, 2.05) is 0 Å². The number of β-amino-alcohol motifs (C(OH)–C–C–N with tert-alkyl or cyclic N) is 1. The van der Waals surface area contributed by atoms with Crippen LogP contribution in [0.4, 0.5) is 0 Å². The molecule has 2 unspecified atom stereocenters. The van der Waals surface area contributed by atoms with Crippen molar-refractivity contribution in [3.05, 3.63) is 0 Å². The molecule has 2 atom stereocenters. The fourth-order valence-corrected chi connectivity index (χ4v) is 1.53. The van der Waals surface area contributed by atoms with E-state index in [1.54, 1.807) is 0 Å². The van der Waals surface area contributed by atoms with Crippen LogP contribution in [-0.4, -0.2) is 35.7 Å². The van der Waals surface area contributed by atoms with E-state index in [0.29, 0.717) is 6.04 Å². The first kappa shape index (κ1) is 7.03. The Morgan fingerprint density at radius 3 is 2.56 bits per heavy atom. The molecule has 54 valence electrons. The second-order valence-electron chi connectivity index (χ2n) is 2.89. The Morgan fingerprint density at radius 1 is 1.67 bits per heavy atom. The van der Waals surface area contributed by atoms with Crippen LogP contribution in [0.5, 0.6) is 0 Å². The van der Waals surface area contributed by atoms with Gasteiger partial charge in [0.05, 0.1) is 6.10 Å². The fraction of sp³-hybridized carbons (Fsp3) is 1.00. The monoisotopic (exact) mass is 129 g/mol. The molecule has 1 N–H and O–H groups in total. The number of nitrogens with zero attached hydrogens (tertiary/aromatic N) is 1. The van der Waals surface area contributed by atoms with Crippen LogP contribution >= 0.6 is 0 Å². The standard InChI is InChI=1S/C7H15NO/c1-3-6-4-7(9)5-8(6)2/h6-7,9H,3-5H2,1-2H3. The summed E-state index contributed by atoms with van der Waals surface area (Å²) < 4.78 is 0. The zero-order chi connectivity index (χ0) is 6.85. The lowest BCUT2D eigenvalue weighted by atomic mass is 10.1. The summed E-state index contributed by atoms with van der Waals surface area (Å²) in [4.78, 5) is 2.23. The van der Waals surface area contributed by atoms with Crippen LogP contribution in [0.3, 0.4) is 0 Å². The van der Waals surface area contributed by atoms with Gasteiger partial charge in [0.2, 0.25) is 0 Å². The van der Waals surface area contributed by atoms with Gasteiger partial charge in [0.1, 0.15) is 0 Å². The minimum absolute atomic E-state index is 0.0695. The molecule has 1 aliphatic heterocycles. The highest BCUT2D eigenvalue weighted by Crippen LogP contribution is 2.17. The fourth-order valence-electron chi connectivity index (χ4n) is 1.53. The maximum Gasteiger partial charge on any atom is 0.0682 e. The summed E-state index contributed by atoms with van der Waals surface area (Å²) in [7, 11) is 2.07. The van der Waals surface area contributed by atoms with Crippen molar-refractivity contribution in [2.24, 2.45) is 0 Å². The van der Waals surface area contributed by atoms with Crippen molar-refractivity contribution in [3.8, 4) is 0 Å². The average Bonchev–Trinajstić information content (AvgIpc) is 2.10. The van der Waals surface area contributed by atoms with Crippen LogP contribution in [-0.2, 0) is 0 Å². The van der Waals surface area contributed by atoms with E-state index in [2.05, 4.69) is 18.9 Å². The first-order valence-corrected chi connectivity index (χ1v) is 3.62. The van der Waals surface area contributed by atoms with Crippen LogP contribution in [0.1, 0.15) is 19.8 Å². The van der Waals surface area contributed by atoms with Gasteiger partial charge in [0.25, 0.3) is 0 Å². The number of likely N-dealkylation sites (tertiary alicyclic amines) is 1. The summed E-state index contributed by atoms with van der Waals surface area (Å²) in [5.74, 6) is 0. The second-order valence-corrected chi connectivity index (χ2v) is 2.89. The molecule has 0 aromatic rings. The predicted molar refractivity (Wildman–Crippen MR) is 37.3 cm³/mol. The first-order valence-electron chi connectivity index (χ1n) is 3.62. The van der Waals surface area contributed by atoms with E-state index in [-0.39, 0.29) is 6.10 Å². The third-order valence-corrected chi connectivity index (χ3v) is 2.14. The molecule has 0 radical (unpaired) electrons. The predicted octanol–water partition coefficient (Wildman–Crippen LogP) is 0.461. The number of likely N-dealkylation sites (N-methyl/N-ethyl adjacent to an activating group) is 1. The van der Waals surface area contributed by atoms with Gasteiger partial charge >= 0.3 is 0 Å². The number of hydrogen-bond donors (Lipinski definition) is 1. The molecule has 0 aromatic heterocycles. The quantitative estimate of drug-likeness (QED) is 0.556. The van der Waals surface area contributed by atoms with Gasteiger partial charge in [-0.1, -0.05) is 6.92 Å². The van der Waals surface area contributed by atoms with E-state index >= 15 is 0 Å². The molecule has 0 saturated carbocycles. The minimum atomic E-state index is -0.0695. The second kappa shape index (κ2) is 2.67. The van der Waals surface area contributed by atoms with Crippen LogP contribution in [0.2, 0.25) is 0 Å². The van der Waals surface area contributed by atoms with Crippen LogP contribution in [0.15, 0.2) is 0 Å². The lowest BCUT2D eigenvalue weighted by molar-refractivity contribution is 0.182. The van der Waals surface area contributed by atoms with Gasteiger partial charge in [0.15, 0.2) is 0 Å². The van der Waals surface area contributed by atoms with Gasteiger partial charge in [-0.15, -0.1) is 0 Å². The van der Waals surface area contributed by atoms with Crippen molar-refractivity contribution in [1.29, 1.82) is 0 Å². The Morgan fingerprint density at radius 2 is 2.33 bits per heavy atom. The van der Waals surface area contributed by atoms with E-state index < -0.39 is 0 Å². The van der Waals surface area contributed by atoms with Gasteiger partial charge in [-0.3, -0.25) is 0 Å². The van der Waals surface area contributed by atoms with Gasteiger partial charge in [-0.25, -0.2) is 0 Å². The zero-order valence-electron chi connectivity index (χ0n) is 6.17. The van der Waals surface area contributed by atoms with E-state index in [1.165, 1.54) is 0 Å². The summed E-state index contributed by atoms with van der Waals surface area (Å²) >= 11 is 0. The first-order chi connectivity index (χ1) is 4.24. The summed E-state index contributed by atoms with van der Waals surface area (Å²) in [5, 5.41) is 9.16. The van der Waals surface area contributed by atoms with Crippen LogP contribution in [0.25, 0.3) is 0 Å². The SMILES string of the molecule is CCC1CC(O)CN1C. The summed E-state index contributed by atoms with van der Waals surface area (Å²) in [5.41, 5.74) is 0. The molecule has 9 heavy (non-hydrogen) atoms. The molecule has 0 bridgehead atoms. The molecule has 0 aromatic carbocycles. The lowest BCUT2D eigenvalue weighted by Gasteiger charge is -2.15. The molecule has 2 nitrogen and oxygen atoms in total. The molecule has 0 aliphatic carbocycles. The van der Waals surface area contributed by atoms with E-state index in [4.69, 9.17) is 5.11 Å². The Balaban J connectivity index is 2.38. The van der Waals surface area contributed by atoms with Crippen molar-refractivity contribution in [2.45, 2.75) is 31.9 Å². The molecular formula is C7H15NO. The summed E-state index contributed by atoms with van der Waals surface area (Å²) in [6, 6.07) is 0.625. The number of aliphatic hydroxyl groups is 1. The van der Waals surface area contributed by atoms with Crippen molar-refractivity contribution in [1.82, 2.24) is 4.90 Å². The third-order valence-electron chi connectivity index (χ3n) is 2.14. The molecule has 0 amide bonds. The van der Waals surface area contributed by atoms with Gasteiger partial charge < -0.3 is 10.0 Å².